The normalized spacial score (nSPS) is 10.7. The second kappa shape index (κ2) is 7.54. The van der Waals surface area contributed by atoms with E-state index in [4.69, 9.17) is 4.74 Å². The van der Waals surface area contributed by atoms with Crippen molar-refractivity contribution < 1.29 is 13.9 Å². The number of hydrogen-bond acceptors (Lipinski definition) is 4. The summed E-state index contributed by atoms with van der Waals surface area (Å²) in [6.45, 7) is 0.719. The molecule has 0 spiro atoms. The molecule has 0 fully saturated rings. The van der Waals surface area contributed by atoms with E-state index in [2.05, 4.69) is 15.5 Å². The number of amides is 1. The molecule has 1 N–H and O–H groups in total. The van der Waals surface area contributed by atoms with Gasteiger partial charge >= 0.3 is 0 Å². The van der Waals surface area contributed by atoms with Gasteiger partial charge in [0.15, 0.2) is 5.65 Å². The number of ether oxygens (including phenoxy) is 1. The van der Waals surface area contributed by atoms with Crippen molar-refractivity contribution >= 4 is 11.6 Å². The third-order valence-corrected chi connectivity index (χ3v) is 3.47. The molecule has 2 heterocycles. The van der Waals surface area contributed by atoms with Gasteiger partial charge in [-0.15, -0.1) is 10.2 Å². The number of aromatic nitrogens is 3. The van der Waals surface area contributed by atoms with Crippen LogP contribution in [0.3, 0.4) is 0 Å². The fourth-order valence-corrected chi connectivity index (χ4v) is 2.26. The van der Waals surface area contributed by atoms with Gasteiger partial charge in [-0.25, -0.2) is 4.39 Å². The van der Waals surface area contributed by atoms with Crippen LogP contribution >= 0.6 is 0 Å². The summed E-state index contributed by atoms with van der Waals surface area (Å²) in [5.41, 5.74) is 0.784. The Morgan fingerprint density at radius 2 is 2.00 bits per heavy atom. The van der Waals surface area contributed by atoms with Crippen LogP contribution in [0.1, 0.15) is 12.2 Å². The highest BCUT2D eigenvalue weighted by Gasteiger charge is 2.06. The maximum absolute atomic E-state index is 12.8. The van der Waals surface area contributed by atoms with Crippen LogP contribution in [-0.2, 0) is 11.2 Å². The molecule has 0 radical (unpaired) electrons. The first-order valence-electron chi connectivity index (χ1n) is 7.66. The lowest BCUT2D eigenvalue weighted by Crippen LogP contribution is -2.27. The molecule has 0 unspecified atom stereocenters. The molecule has 1 aromatic carbocycles. The van der Waals surface area contributed by atoms with Crippen molar-refractivity contribution in [2.24, 2.45) is 0 Å². The van der Waals surface area contributed by atoms with Gasteiger partial charge in [-0.1, -0.05) is 6.07 Å². The first kappa shape index (κ1) is 15.9. The van der Waals surface area contributed by atoms with Gasteiger partial charge in [-0.3, -0.25) is 9.20 Å². The Hall–Kier alpha value is -2.96. The minimum absolute atomic E-state index is 0.106. The number of hydrogen-bond donors (Lipinski definition) is 1. The van der Waals surface area contributed by atoms with Gasteiger partial charge in [0.05, 0.1) is 13.0 Å². The minimum atomic E-state index is -0.318. The Morgan fingerprint density at radius 1 is 1.17 bits per heavy atom. The summed E-state index contributed by atoms with van der Waals surface area (Å²) in [6, 6.07) is 11.4. The van der Waals surface area contributed by atoms with Crippen molar-refractivity contribution in [1.82, 2.24) is 19.9 Å². The van der Waals surface area contributed by atoms with E-state index in [1.807, 2.05) is 28.8 Å². The Morgan fingerprint density at radius 3 is 2.83 bits per heavy atom. The van der Waals surface area contributed by atoms with Gasteiger partial charge in [0.2, 0.25) is 5.91 Å². The molecule has 24 heavy (non-hydrogen) atoms. The molecular formula is C17H17FN4O2. The highest BCUT2D eigenvalue weighted by Crippen LogP contribution is 2.11. The van der Waals surface area contributed by atoms with Crippen LogP contribution in [0.15, 0.2) is 48.7 Å². The van der Waals surface area contributed by atoms with Gasteiger partial charge in [-0.05, 0) is 36.4 Å². The molecular weight excluding hydrogens is 311 g/mol. The molecule has 0 aliphatic rings. The summed E-state index contributed by atoms with van der Waals surface area (Å²) in [4.78, 5) is 11.8. The zero-order valence-electron chi connectivity index (χ0n) is 13.0. The monoisotopic (exact) mass is 328 g/mol. The fraction of sp³-hybridized carbons (Fsp3) is 0.235. The van der Waals surface area contributed by atoms with Crippen molar-refractivity contribution in [2.45, 2.75) is 12.8 Å². The summed E-state index contributed by atoms with van der Waals surface area (Å²) >= 11 is 0. The van der Waals surface area contributed by atoms with Crippen LogP contribution < -0.4 is 10.1 Å². The number of carbonyl (C=O) groups excluding carboxylic acids is 1. The summed E-state index contributed by atoms with van der Waals surface area (Å²) in [6.07, 6.45) is 2.72. The molecule has 0 aliphatic heterocycles. The Labute approximate surface area is 138 Å². The molecule has 6 nitrogen and oxygen atoms in total. The van der Waals surface area contributed by atoms with E-state index in [0.29, 0.717) is 18.7 Å². The van der Waals surface area contributed by atoms with E-state index in [0.717, 1.165) is 11.5 Å². The number of pyridine rings is 1. The number of rotatable bonds is 7. The molecule has 2 aromatic heterocycles. The second-order valence-corrected chi connectivity index (χ2v) is 5.20. The highest BCUT2D eigenvalue weighted by atomic mass is 19.1. The van der Waals surface area contributed by atoms with Crippen LogP contribution in [-0.4, -0.2) is 33.7 Å². The zero-order chi connectivity index (χ0) is 16.8. The lowest BCUT2D eigenvalue weighted by molar-refractivity contribution is -0.121. The van der Waals surface area contributed by atoms with Gasteiger partial charge in [-0.2, -0.15) is 0 Å². The standard InChI is InChI=1S/C17H17FN4O2/c18-13-4-6-14(7-5-13)24-12-9-17(23)19-10-8-16-21-20-15-3-1-2-11-22(15)16/h1-7,11H,8-10,12H2,(H,19,23). The van der Waals surface area contributed by atoms with E-state index in [1.165, 1.54) is 24.3 Å². The fourth-order valence-electron chi connectivity index (χ4n) is 2.26. The van der Waals surface area contributed by atoms with Crippen molar-refractivity contribution in [2.75, 3.05) is 13.2 Å². The lowest BCUT2D eigenvalue weighted by Gasteiger charge is -2.07. The smallest absolute Gasteiger partial charge is 0.223 e. The molecule has 0 atom stereocenters. The predicted octanol–water partition coefficient (Wildman–Crippen LogP) is 2.00. The van der Waals surface area contributed by atoms with Gasteiger partial charge in [0.1, 0.15) is 17.4 Å². The molecule has 7 heteroatoms. The number of benzene rings is 1. The van der Waals surface area contributed by atoms with Crippen LogP contribution in [0.2, 0.25) is 0 Å². The largest absolute Gasteiger partial charge is 0.493 e. The second-order valence-electron chi connectivity index (χ2n) is 5.20. The first-order chi connectivity index (χ1) is 11.7. The third kappa shape index (κ3) is 4.07. The predicted molar refractivity (Wildman–Crippen MR) is 86.2 cm³/mol. The summed E-state index contributed by atoms with van der Waals surface area (Å²) in [5, 5.41) is 11.0. The molecule has 0 aliphatic carbocycles. The number of halogens is 1. The van der Waals surface area contributed by atoms with Crippen molar-refractivity contribution in [1.29, 1.82) is 0 Å². The van der Waals surface area contributed by atoms with Crippen LogP contribution in [0.5, 0.6) is 5.75 Å². The molecule has 124 valence electrons. The van der Waals surface area contributed by atoms with Crippen molar-refractivity contribution in [3.8, 4) is 5.75 Å². The Kier molecular flexibility index (Phi) is 5.00. The summed E-state index contributed by atoms with van der Waals surface area (Å²) < 4.78 is 20.0. The molecule has 0 saturated carbocycles. The topological polar surface area (TPSA) is 68.5 Å². The molecule has 3 aromatic rings. The van der Waals surface area contributed by atoms with Gasteiger partial charge < -0.3 is 10.1 Å². The summed E-state index contributed by atoms with van der Waals surface area (Å²) in [5.74, 6) is 0.916. The molecule has 0 bridgehead atoms. The van der Waals surface area contributed by atoms with Crippen LogP contribution in [0.4, 0.5) is 4.39 Å². The zero-order valence-corrected chi connectivity index (χ0v) is 13.0. The summed E-state index contributed by atoms with van der Waals surface area (Å²) in [7, 11) is 0. The van der Waals surface area contributed by atoms with E-state index in [1.54, 1.807) is 0 Å². The number of nitrogens with zero attached hydrogens (tertiary/aromatic N) is 3. The number of carbonyl (C=O) groups is 1. The molecule has 1 amide bonds. The van der Waals surface area contributed by atoms with E-state index in [-0.39, 0.29) is 24.8 Å². The van der Waals surface area contributed by atoms with E-state index in [9.17, 15) is 9.18 Å². The Balaban J connectivity index is 1.39. The van der Waals surface area contributed by atoms with Crippen molar-refractivity contribution in [3.05, 3.63) is 60.3 Å². The SMILES string of the molecule is O=C(CCOc1ccc(F)cc1)NCCc1nnc2ccccn12. The maximum atomic E-state index is 12.8. The minimum Gasteiger partial charge on any atom is -0.493 e. The van der Waals surface area contributed by atoms with Gasteiger partial charge in [0.25, 0.3) is 0 Å². The molecule has 3 rings (SSSR count). The van der Waals surface area contributed by atoms with Gasteiger partial charge in [0, 0.05) is 19.2 Å². The average Bonchev–Trinajstić information content (AvgIpc) is 3.00. The van der Waals surface area contributed by atoms with E-state index < -0.39 is 0 Å². The molecule has 0 saturated heterocycles. The average molecular weight is 328 g/mol. The number of nitrogens with one attached hydrogen (secondary N) is 1. The lowest BCUT2D eigenvalue weighted by atomic mass is 10.3. The quantitative estimate of drug-likeness (QED) is 0.720. The van der Waals surface area contributed by atoms with E-state index >= 15 is 0 Å². The first-order valence-corrected chi connectivity index (χ1v) is 7.66. The Bertz CT molecular complexity index is 817. The van der Waals surface area contributed by atoms with Crippen LogP contribution in [0.25, 0.3) is 5.65 Å². The highest BCUT2D eigenvalue weighted by molar-refractivity contribution is 5.75. The van der Waals surface area contributed by atoms with Crippen LogP contribution in [0, 0.1) is 5.82 Å². The maximum Gasteiger partial charge on any atom is 0.223 e. The third-order valence-electron chi connectivity index (χ3n) is 3.47. The number of fused-ring (bicyclic) bond motifs is 1. The van der Waals surface area contributed by atoms with Crippen molar-refractivity contribution in [3.63, 3.8) is 0 Å².